The second-order valence-corrected chi connectivity index (χ2v) is 8.22. The number of fused-ring (bicyclic) bond motifs is 2. The predicted octanol–water partition coefficient (Wildman–Crippen LogP) is 3.49. The van der Waals surface area contributed by atoms with Crippen molar-refractivity contribution in [3.05, 3.63) is 71.1 Å². The lowest BCUT2D eigenvalue weighted by Gasteiger charge is -2.40. The Morgan fingerprint density at radius 1 is 1.10 bits per heavy atom. The highest BCUT2D eigenvalue weighted by molar-refractivity contribution is 5.72. The molecule has 0 N–H and O–H groups in total. The fourth-order valence-corrected chi connectivity index (χ4v) is 3.93. The van der Waals surface area contributed by atoms with Crippen LogP contribution in [0.25, 0.3) is 22.4 Å². The second-order valence-electron chi connectivity index (χ2n) is 8.22. The lowest BCUT2D eigenvalue weighted by Crippen LogP contribution is -2.47. The summed E-state index contributed by atoms with van der Waals surface area (Å²) in [6.07, 6.45) is 5.16. The lowest BCUT2D eigenvalue weighted by molar-refractivity contribution is 0.270. The molecule has 0 spiro atoms. The van der Waals surface area contributed by atoms with Gasteiger partial charge in [0.25, 0.3) is 5.56 Å². The third-order valence-corrected chi connectivity index (χ3v) is 5.14. The maximum atomic E-state index is 12.9. The van der Waals surface area contributed by atoms with Gasteiger partial charge in [-0.2, -0.15) is 0 Å². The van der Waals surface area contributed by atoms with E-state index in [9.17, 15) is 4.79 Å². The molecule has 0 saturated carbocycles. The van der Waals surface area contributed by atoms with Gasteiger partial charge in [-0.3, -0.25) is 19.3 Å². The number of anilines is 1. The van der Waals surface area contributed by atoms with Gasteiger partial charge in [-0.1, -0.05) is 13.8 Å². The van der Waals surface area contributed by atoms with E-state index in [0.717, 1.165) is 29.0 Å². The van der Waals surface area contributed by atoms with Crippen LogP contribution in [0.1, 0.15) is 19.6 Å². The topological polar surface area (TPSA) is 77.1 Å². The van der Waals surface area contributed by atoms with Gasteiger partial charge in [0, 0.05) is 54.8 Å². The van der Waals surface area contributed by atoms with Crippen LogP contribution in [0.2, 0.25) is 0 Å². The SMILES string of the molecule is CC1(C)CN(Cc2cc3ncccc3o2)c2nc(-c3ccncc3)cc(=O)n2C1. The highest BCUT2D eigenvalue weighted by atomic mass is 16.3. The first-order valence-electron chi connectivity index (χ1n) is 9.59. The summed E-state index contributed by atoms with van der Waals surface area (Å²) >= 11 is 0. The molecule has 0 aromatic carbocycles. The zero-order valence-corrected chi connectivity index (χ0v) is 16.4. The van der Waals surface area contributed by atoms with Crippen LogP contribution in [0.3, 0.4) is 0 Å². The van der Waals surface area contributed by atoms with Crippen LogP contribution < -0.4 is 10.5 Å². The van der Waals surface area contributed by atoms with Gasteiger partial charge in [0.1, 0.15) is 11.3 Å². The Hall–Kier alpha value is -3.48. The molecule has 7 nitrogen and oxygen atoms in total. The maximum Gasteiger partial charge on any atom is 0.255 e. The summed E-state index contributed by atoms with van der Waals surface area (Å²) in [5.74, 6) is 1.46. The molecule has 0 fully saturated rings. The summed E-state index contributed by atoms with van der Waals surface area (Å²) in [5, 5.41) is 0. The van der Waals surface area contributed by atoms with Gasteiger partial charge < -0.3 is 9.32 Å². The molecule has 0 saturated heterocycles. The van der Waals surface area contributed by atoms with Crippen LogP contribution in [0.4, 0.5) is 5.95 Å². The third kappa shape index (κ3) is 3.29. The Morgan fingerprint density at radius 2 is 1.93 bits per heavy atom. The largest absolute Gasteiger partial charge is 0.457 e. The molecule has 1 aliphatic rings. The Morgan fingerprint density at radius 3 is 2.72 bits per heavy atom. The Bertz CT molecular complexity index is 1210. The molecule has 0 atom stereocenters. The molecule has 0 aliphatic carbocycles. The Kier molecular flexibility index (Phi) is 3.97. The Balaban J connectivity index is 1.59. The highest BCUT2D eigenvalue weighted by Crippen LogP contribution is 2.32. The molecule has 4 aromatic rings. The molecule has 4 aromatic heterocycles. The third-order valence-electron chi connectivity index (χ3n) is 5.14. The normalized spacial score (nSPS) is 15.4. The number of nitrogens with zero attached hydrogens (tertiary/aromatic N) is 5. The number of furan rings is 1. The lowest BCUT2D eigenvalue weighted by atomic mass is 9.91. The van der Waals surface area contributed by atoms with Gasteiger partial charge in [0.05, 0.1) is 12.2 Å². The highest BCUT2D eigenvalue weighted by Gasteiger charge is 2.33. The van der Waals surface area contributed by atoms with Crippen LogP contribution in [0, 0.1) is 5.41 Å². The molecule has 146 valence electrons. The minimum Gasteiger partial charge on any atom is -0.457 e. The van der Waals surface area contributed by atoms with Crippen molar-refractivity contribution in [1.29, 1.82) is 0 Å². The quantitative estimate of drug-likeness (QED) is 0.536. The standard InChI is InChI=1S/C22H21N5O2/c1-22(2)13-26(12-16-10-18-19(29-16)4-3-7-24-18)21-25-17(11-20(28)27(21)14-22)15-5-8-23-9-6-15/h3-11H,12-14H2,1-2H3. The van der Waals surface area contributed by atoms with E-state index in [1.807, 2.05) is 30.3 Å². The molecule has 5 rings (SSSR count). The van der Waals surface area contributed by atoms with Crippen molar-refractivity contribution in [2.45, 2.75) is 26.9 Å². The molecule has 0 unspecified atom stereocenters. The van der Waals surface area contributed by atoms with Crippen molar-refractivity contribution in [2.75, 3.05) is 11.4 Å². The molecule has 5 heterocycles. The van der Waals surface area contributed by atoms with Crippen molar-refractivity contribution in [2.24, 2.45) is 5.41 Å². The van der Waals surface area contributed by atoms with Crippen molar-refractivity contribution in [3.63, 3.8) is 0 Å². The van der Waals surface area contributed by atoms with E-state index in [1.165, 1.54) is 0 Å². The van der Waals surface area contributed by atoms with E-state index in [0.29, 0.717) is 24.7 Å². The van der Waals surface area contributed by atoms with Gasteiger partial charge in [0.2, 0.25) is 5.95 Å². The number of hydrogen-bond acceptors (Lipinski definition) is 6. The van der Waals surface area contributed by atoms with E-state index in [-0.39, 0.29) is 11.0 Å². The minimum atomic E-state index is -0.0685. The van der Waals surface area contributed by atoms with Gasteiger partial charge in [-0.25, -0.2) is 4.98 Å². The average Bonchev–Trinajstić information content (AvgIpc) is 3.11. The van der Waals surface area contributed by atoms with Crippen LogP contribution in [0.15, 0.2) is 64.2 Å². The summed E-state index contributed by atoms with van der Waals surface area (Å²) in [6.45, 7) is 6.23. The van der Waals surface area contributed by atoms with E-state index < -0.39 is 0 Å². The van der Waals surface area contributed by atoms with E-state index in [2.05, 4.69) is 28.7 Å². The first kappa shape index (κ1) is 17.6. The molecule has 0 radical (unpaired) electrons. The van der Waals surface area contributed by atoms with E-state index >= 15 is 0 Å². The van der Waals surface area contributed by atoms with Crippen LogP contribution in [-0.2, 0) is 13.1 Å². The van der Waals surface area contributed by atoms with Gasteiger partial charge in [-0.15, -0.1) is 0 Å². The van der Waals surface area contributed by atoms with Gasteiger partial charge >= 0.3 is 0 Å². The van der Waals surface area contributed by atoms with Gasteiger partial charge in [-0.05, 0) is 24.3 Å². The first-order valence-corrected chi connectivity index (χ1v) is 9.59. The number of aromatic nitrogens is 4. The van der Waals surface area contributed by atoms with Crippen LogP contribution >= 0.6 is 0 Å². The smallest absolute Gasteiger partial charge is 0.255 e. The molecule has 0 bridgehead atoms. The van der Waals surface area contributed by atoms with Crippen LogP contribution in [-0.4, -0.2) is 26.1 Å². The summed E-state index contributed by atoms with van der Waals surface area (Å²) in [7, 11) is 0. The average molecular weight is 387 g/mol. The summed E-state index contributed by atoms with van der Waals surface area (Å²) in [5.41, 5.74) is 2.99. The maximum absolute atomic E-state index is 12.9. The van der Waals surface area contributed by atoms with Crippen LogP contribution in [0.5, 0.6) is 0 Å². The minimum absolute atomic E-state index is 0.0501. The first-order chi connectivity index (χ1) is 14.0. The van der Waals surface area contributed by atoms with E-state index in [4.69, 9.17) is 9.40 Å². The van der Waals surface area contributed by atoms with Crippen molar-refractivity contribution < 1.29 is 4.42 Å². The monoisotopic (exact) mass is 387 g/mol. The van der Waals surface area contributed by atoms with Crippen molar-refractivity contribution in [3.8, 4) is 11.3 Å². The number of pyridine rings is 2. The van der Waals surface area contributed by atoms with Crippen molar-refractivity contribution in [1.82, 2.24) is 19.5 Å². The summed E-state index contributed by atoms with van der Waals surface area (Å²) < 4.78 is 7.73. The molecule has 7 heteroatoms. The molecular weight excluding hydrogens is 366 g/mol. The summed E-state index contributed by atoms with van der Waals surface area (Å²) in [6, 6.07) is 11.0. The number of hydrogen-bond donors (Lipinski definition) is 0. The predicted molar refractivity (Wildman–Crippen MR) is 111 cm³/mol. The van der Waals surface area contributed by atoms with E-state index in [1.54, 1.807) is 29.2 Å². The fourth-order valence-electron chi connectivity index (χ4n) is 3.93. The number of rotatable bonds is 3. The summed E-state index contributed by atoms with van der Waals surface area (Å²) in [4.78, 5) is 28.3. The molecule has 1 aliphatic heterocycles. The van der Waals surface area contributed by atoms with Gasteiger partial charge in [0.15, 0.2) is 5.58 Å². The zero-order valence-electron chi connectivity index (χ0n) is 16.4. The molecule has 29 heavy (non-hydrogen) atoms. The second kappa shape index (κ2) is 6.55. The molecular formula is C22H21N5O2. The van der Waals surface area contributed by atoms with Crippen molar-refractivity contribution >= 4 is 17.0 Å². The molecule has 0 amide bonds. The zero-order chi connectivity index (χ0) is 20.0. The Labute approximate surface area is 167 Å². The fraction of sp³-hybridized carbons (Fsp3) is 0.273.